The van der Waals surface area contributed by atoms with Crippen LogP contribution in [0.15, 0.2) is 10.6 Å². The summed E-state index contributed by atoms with van der Waals surface area (Å²) in [6, 6.07) is 1.46. The molecular weight excluding hydrogens is 336 g/mol. The van der Waals surface area contributed by atoms with E-state index in [1.807, 2.05) is 0 Å². The molecule has 1 aliphatic heterocycles. The molecule has 3 N–H and O–H groups in total. The lowest BCUT2D eigenvalue weighted by atomic mass is 9.71. The summed E-state index contributed by atoms with van der Waals surface area (Å²) in [7, 11) is 1.51. The van der Waals surface area contributed by atoms with Gasteiger partial charge in [-0.3, -0.25) is 4.79 Å². The van der Waals surface area contributed by atoms with Gasteiger partial charge in [-0.05, 0) is 50.1 Å². The van der Waals surface area contributed by atoms with E-state index in [0.29, 0.717) is 23.6 Å². The molecular formula is C18H30N4O4. The van der Waals surface area contributed by atoms with E-state index in [9.17, 15) is 9.59 Å². The van der Waals surface area contributed by atoms with Crippen LogP contribution in [0.4, 0.5) is 4.79 Å². The van der Waals surface area contributed by atoms with E-state index in [4.69, 9.17) is 9.26 Å². The molecule has 0 radical (unpaired) electrons. The topological polar surface area (TPSA) is 105 Å². The van der Waals surface area contributed by atoms with Crippen LogP contribution in [0, 0.1) is 11.3 Å². The molecule has 0 aromatic carbocycles. The lowest BCUT2D eigenvalue weighted by molar-refractivity contribution is 0.0952. The van der Waals surface area contributed by atoms with Gasteiger partial charge >= 0.3 is 6.09 Å². The minimum atomic E-state index is -0.489. The Morgan fingerprint density at radius 3 is 2.77 bits per heavy atom. The number of piperidine rings is 1. The first-order chi connectivity index (χ1) is 12.4. The summed E-state index contributed by atoms with van der Waals surface area (Å²) >= 11 is 0. The summed E-state index contributed by atoms with van der Waals surface area (Å²) < 4.78 is 10.1. The van der Waals surface area contributed by atoms with Crippen LogP contribution in [0.2, 0.25) is 0 Å². The molecule has 8 nitrogen and oxygen atoms in total. The number of carbonyl (C=O) groups is 2. The second kappa shape index (κ2) is 9.56. The zero-order valence-electron chi connectivity index (χ0n) is 15.9. The van der Waals surface area contributed by atoms with E-state index >= 15 is 0 Å². The van der Waals surface area contributed by atoms with Crippen molar-refractivity contribution in [3.63, 3.8) is 0 Å². The molecule has 0 atom stereocenters. The fourth-order valence-electron chi connectivity index (χ4n) is 3.61. The maximum atomic E-state index is 11.9. The zero-order chi connectivity index (χ0) is 19.0. The standard InChI is InChI=1S/C18H30N4O4/c1-13(2)11-18(4-7-20-8-5-18)6-9-21-17(24)25-12-14-10-15(22-26-14)16(23)19-3/h10,13,20H,4-9,11-12H2,1-3H3,(H,19,23)(H,21,24). The summed E-state index contributed by atoms with van der Waals surface area (Å²) in [5, 5.41) is 12.3. The molecule has 26 heavy (non-hydrogen) atoms. The Hall–Kier alpha value is -2.09. The van der Waals surface area contributed by atoms with Gasteiger partial charge in [-0.25, -0.2) is 4.79 Å². The van der Waals surface area contributed by atoms with Crippen molar-refractivity contribution in [1.29, 1.82) is 0 Å². The minimum Gasteiger partial charge on any atom is -0.441 e. The van der Waals surface area contributed by atoms with Crippen LogP contribution in [-0.2, 0) is 11.3 Å². The summed E-state index contributed by atoms with van der Waals surface area (Å²) in [4.78, 5) is 23.3. The third-order valence-electron chi connectivity index (χ3n) is 4.79. The van der Waals surface area contributed by atoms with Crippen molar-refractivity contribution in [2.45, 2.75) is 46.1 Å². The van der Waals surface area contributed by atoms with E-state index in [-0.39, 0.29) is 18.2 Å². The number of alkyl carbamates (subject to hydrolysis) is 1. The summed E-state index contributed by atoms with van der Waals surface area (Å²) in [6.45, 7) is 7.10. The number of aromatic nitrogens is 1. The number of amides is 2. The SMILES string of the molecule is CNC(=O)c1cc(COC(=O)NCCC2(CC(C)C)CCNCC2)on1. The van der Waals surface area contributed by atoms with Crippen molar-refractivity contribution >= 4 is 12.0 Å². The van der Waals surface area contributed by atoms with Gasteiger partial charge < -0.3 is 25.2 Å². The fourth-order valence-corrected chi connectivity index (χ4v) is 3.61. The van der Waals surface area contributed by atoms with Crippen molar-refractivity contribution in [3.8, 4) is 0 Å². The number of ether oxygens (including phenoxy) is 1. The maximum absolute atomic E-state index is 11.9. The van der Waals surface area contributed by atoms with Gasteiger partial charge in [0.25, 0.3) is 5.91 Å². The Morgan fingerprint density at radius 1 is 1.38 bits per heavy atom. The maximum Gasteiger partial charge on any atom is 0.407 e. The molecule has 1 aromatic rings. The van der Waals surface area contributed by atoms with Crippen molar-refractivity contribution in [1.82, 2.24) is 21.1 Å². The van der Waals surface area contributed by atoms with Gasteiger partial charge in [-0.1, -0.05) is 19.0 Å². The lowest BCUT2D eigenvalue weighted by Crippen LogP contribution is -2.40. The number of hydrogen-bond donors (Lipinski definition) is 3. The molecule has 0 spiro atoms. The van der Waals surface area contributed by atoms with Gasteiger partial charge in [0.05, 0.1) is 0 Å². The third kappa shape index (κ3) is 6.01. The van der Waals surface area contributed by atoms with Crippen LogP contribution in [0.3, 0.4) is 0 Å². The predicted molar refractivity (Wildman–Crippen MR) is 96.7 cm³/mol. The van der Waals surface area contributed by atoms with E-state index in [0.717, 1.165) is 32.4 Å². The Morgan fingerprint density at radius 2 is 2.12 bits per heavy atom. The number of rotatable bonds is 8. The fraction of sp³-hybridized carbons (Fsp3) is 0.722. The average molecular weight is 366 g/mol. The monoisotopic (exact) mass is 366 g/mol. The first kappa shape index (κ1) is 20.2. The van der Waals surface area contributed by atoms with Crippen LogP contribution in [-0.4, -0.2) is 43.8 Å². The molecule has 146 valence electrons. The molecule has 2 amide bonds. The first-order valence-corrected chi connectivity index (χ1v) is 9.23. The van der Waals surface area contributed by atoms with Crippen molar-refractivity contribution < 1.29 is 18.8 Å². The van der Waals surface area contributed by atoms with Gasteiger partial charge in [0.2, 0.25) is 0 Å². The van der Waals surface area contributed by atoms with Gasteiger partial charge in [-0.15, -0.1) is 0 Å². The molecule has 0 unspecified atom stereocenters. The van der Waals surface area contributed by atoms with Crippen LogP contribution >= 0.6 is 0 Å². The van der Waals surface area contributed by atoms with Crippen molar-refractivity contribution in [3.05, 3.63) is 17.5 Å². The largest absolute Gasteiger partial charge is 0.441 e. The quantitative estimate of drug-likeness (QED) is 0.650. The molecule has 0 aliphatic carbocycles. The molecule has 1 aromatic heterocycles. The van der Waals surface area contributed by atoms with Gasteiger partial charge in [0, 0.05) is 19.7 Å². The van der Waals surface area contributed by atoms with E-state index in [1.54, 1.807) is 0 Å². The van der Waals surface area contributed by atoms with Crippen LogP contribution in [0.1, 0.15) is 55.8 Å². The second-order valence-electron chi connectivity index (χ2n) is 7.36. The van der Waals surface area contributed by atoms with Crippen LogP contribution < -0.4 is 16.0 Å². The van der Waals surface area contributed by atoms with E-state index < -0.39 is 6.09 Å². The molecule has 2 heterocycles. The van der Waals surface area contributed by atoms with Gasteiger partial charge in [-0.2, -0.15) is 0 Å². The predicted octanol–water partition coefficient (Wildman–Crippen LogP) is 2.07. The number of hydrogen-bond acceptors (Lipinski definition) is 6. The molecule has 1 saturated heterocycles. The number of carbonyl (C=O) groups excluding carboxylic acids is 2. The molecule has 1 aliphatic rings. The Balaban J connectivity index is 1.73. The zero-order valence-corrected chi connectivity index (χ0v) is 15.9. The van der Waals surface area contributed by atoms with Crippen molar-refractivity contribution in [2.24, 2.45) is 11.3 Å². The molecule has 0 saturated carbocycles. The third-order valence-corrected chi connectivity index (χ3v) is 4.79. The lowest BCUT2D eigenvalue weighted by Gasteiger charge is -2.39. The second-order valence-corrected chi connectivity index (χ2v) is 7.36. The highest BCUT2D eigenvalue weighted by Gasteiger charge is 2.32. The molecule has 2 rings (SSSR count). The summed E-state index contributed by atoms with van der Waals surface area (Å²) in [5.41, 5.74) is 0.452. The molecule has 0 bridgehead atoms. The van der Waals surface area contributed by atoms with E-state index in [2.05, 4.69) is 35.0 Å². The highest BCUT2D eigenvalue weighted by atomic mass is 16.6. The Labute approximate surface area is 154 Å². The highest BCUT2D eigenvalue weighted by molar-refractivity contribution is 5.91. The summed E-state index contributed by atoms with van der Waals surface area (Å²) in [6.07, 6.45) is 3.91. The van der Waals surface area contributed by atoms with Gasteiger partial charge in [0.15, 0.2) is 18.1 Å². The Kier molecular flexibility index (Phi) is 7.44. The highest BCUT2D eigenvalue weighted by Crippen LogP contribution is 2.38. The van der Waals surface area contributed by atoms with E-state index in [1.165, 1.54) is 19.5 Å². The van der Waals surface area contributed by atoms with Crippen LogP contribution in [0.5, 0.6) is 0 Å². The van der Waals surface area contributed by atoms with Gasteiger partial charge in [0.1, 0.15) is 0 Å². The normalized spacial score (nSPS) is 16.3. The average Bonchev–Trinajstić information content (AvgIpc) is 3.08. The number of nitrogens with zero attached hydrogens (tertiary/aromatic N) is 1. The molecule has 8 heteroatoms. The Bertz CT molecular complexity index is 594. The van der Waals surface area contributed by atoms with Crippen molar-refractivity contribution in [2.75, 3.05) is 26.7 Å². The first-order valence-electron chi connectivity index (χ1n) is 9.23. The smallest absolute Gasteiger partial charge is 0.407 e. The summed E-state index contributed by atoms with van der Waals surface area (Å²) in [5.74, 6) is 0.622. The number of nitrogens with one attached hydrogen (secondary N) is 3. The minimum absolute atomic E-state index is 0.0586. The van der Waals surface area contributed by atoms with Crippen LogP contribution in [0.25, 0.3) is 0 Å². The molecule has 1 fully saturated rings.